The highest BCUT2D eigenvalue weighted by atomic mass is 79.9. The van der Waals surface area contributed by atoms with Crippen LogP contribution in [0.1, 0.15) is 21.5 Å². The standard InChI is InChI=1S/C16H13BrO2/c17-15-11-4-2-7-13(15)9-5-8-12-6-1-3-10-14(12)16(18)19/h1-7,9-11H,8H2,(H,18,19). The van der Waals surface area contributed by atoms with Crippen LogP contribution in [0.4, 0.5) is 0 Å². The molecule has 3 heteroatoms. The Morgan fingerprint density at radius 1 is 1.11 bits per heavy atom. The Morgan fingerprint density at radius 2 is 1.79 bits per heavy atom. The Hall–Kier alpha value is -1.87. The smallest absolute Gasteiger partial charge is 0.335 e. The molecule has 0 atom stereocenters. The van der Waals surface area contributed by atoms with Crippen LogP contribution in [0.5, 0.6) is 0 Å². The van der Waals surface area contributed by atoms with E-state index in [0.29, 0.717) is 12.0 Å². The molecule has 2 nitrogen and oxygen atoms in total. The van der Waals surface area contributed by atoms with Gasteiger partial charge in [-0.25, -0.2) is 4.79 Å². The molecule has 2 aromatic carbocycles. The lowest BCUT2D eigenvalue weighted by Crippen LogP contribution is -2.01. The Labute approximate surface area is 120 Å². The maximum absolute atomic E-state index is 11.1. The summed E-state index contributed by atoms with van der Waals surface area (Å²) in [5.41, 5.74) is 2.26. The summed E-state index contributed by atoms with van der Waals surface area (Å²) in [5.74, 6) is -0.884. The number of carbonyl (C=O) groups is 1. The third-order valence-corrected chi connectivity index (χ3v) is 3.51. The molecule has 2 aromatic rings. The van der Waals surface area contributed by atoms with Crippen molar-refractivity contribution in [3.05, 3.63) is 75.8 Å². The monoisotopic (exact) mass is 316 g/mol. The number of rotatable bonds is 4. The predicted molar refractivity (Wildman–Crippen MR) is 80.3 cm³/mol. The van der Waals surface area contributed by atoms with Crippen LogP contribution in [0, 0.1) is 0 Å². The second-order valence-corrected chi connectivity index (χ2v) is 4.94. The van der Waals surface area contributed by atoms with Gasteiger partial charge in [-0.15, -0.1) is 0 Å². The maximum atomic E-state index is 11.1. The van der Waals surface area contributed by atoms with E-state index in [2.05, 4.69) is 15.9 Å². The summed E-state index contributed by atoms with van der Waals surface area (Å²) in [5, 5.41) is 9.09. The number of carboxylic acid groups (broad SMARTS) is 1. The van der Waals surface area contributed by atoms with E-state index in [1.54, 1.807) is 12.1 Å². The van der Waals surface area contributed by atoms with E-state index in [-0.39, 0.29) is 0 Å². The van der Waals surface area contributed by atoms with Crippen LogP contribution < -0.4 is 0 Å². The molecule has 2 rings (SSSR count). The van der Waals surface area contributed by atoms with Gasteiger partial charge in [0, 0.05) is 4.47 Å². The number of halogens is 1. The first-order valence-electron chi connectivity index (χ1n) is 5.91. The first-order valence-corrected chi connectivity index (χ1v) is 6.70. The fourth-order valence-electron chi connectivity index (χ4n) is 1.83. The molecule has 0 fully saturated rings. The van der Waals surface area contributed by atoms with Crippen molar-refractivity contribution in [2.24, 2.45) is 0 Å². The molecule has 0 aliphatic heterocycles. The summed E-state index contributed by atoms with van der Waals surface area (Å²) in [7, 11) is 0. The second-order valence-electron chi connectivity index (χ2n) is 4.09. The molecule has 0 bridgehead atoms. The van der Waals surface area contributed by atoms with Gasteiger partial charge in [-0.05, 0) is 29.7 Å². The van der Waals surface area contributed by atoms with E-state index in [1.165, 1.54) is 0 Å². The minimum absolute atomic E-state index is 0.360. The fourth-order valence-corrected chi connectivity index (χ4v) is 2.25. The first-order chi connectivity index (χ1) is 9.18. The van der Waals surface area contributed by atoms with Crippen molar-refractivity contribution in [1.82, 2.24) is 0 Å². The Bertz CT molecular complexity index is 618. The Kier molecular flexibility index (Phi) is 4.53. The fraction of sp³-hybridized carbons (Fsp3) is 0.0625. The van der Waals surface area contributed by atoms with E-state index in [1.807, 2.05) is 48.6 Å². The van der Waals surface area contributed by atoms with Crippen LogP contribution in [0.15, 0.2) is 59.1 Å². The van der Waals surface area contributed by atoms with Crippen LogP contribution in [-0.4, -0.2) is 11.1 Å². The largest absolute Gasteiger partial charge is 0.478 e. The second kappa shape index (κ2) is 6.34. The number of benzene rings is 2. The molecule has 0 aliphatic rings. The van der Waals surface area contributed by atoms with Crippen LogP contribution in [0.2, 0.25) is 0 Å². The van der Waals surface area contributed by atoms with Gasteiger partial charge in [0.1, 0.15) is 0 Å². The van der Waals surface area contributed by atoms with E-state index < -0.39 is 5.97 Å². The lowest BCUT2D eigenvalue weighted by atomic mass is 10.0. The van der Waals surface area contributed by atoms with Crippen LogP contribution in [0.25, 0.3) is 6.08 Å². The SMILES string of the molecule is O=C(O)c1ccccc1CC=Cc1ccccc1Br. The Balaban J connectivity index is 2.15. The molecule has 0 amide bonds. The molecule has 0 spiro atoms. The average Bonchev–Trinajstić information content (AvgIpc) is 2.41. The number of hydrogen-bond acceptors (Lipinski definition) is 1. The molecular formula is C16H13BrO2. The van der Waals surface area contributed by atoms with Gasteiger partial charge in [0.15, 0.2) is 0 Å². The summed E-state index contributed by atoms with van der Waals surface area (Å²) in [4.78, 5) is 11.1. The van der Waals surface area contributed by atoms with Crippen molar-refractivity contribution in [3.8, 4) is 0 Å². The molecule has 0 saturated carbocycles. The van der Waals surface area contributed by atoms with Crippen molar-refractivity contribution in [2.75, 3.05) is 0 Å². The first kappa shape index (κ1) is 13.6. The number of hydrogen-bond donors (Lipinski definition) is 1. The van der Waals surface area contributed by atoms with Crippen LogP contribution >= 0.6 is 15.9 Å². The highest BCUT2D eigenvalue weighted by Crippen LogP contribution is 2.18. The molecule has 0 aromatic heterocycles. The summed E-state index contributed by atoms with van der Waals surface area (Å²) < 4.78 is 1.03. The maximum Gasteiger partial charge on any atom is 0.335 e. The third-order valence-electron chi connectivity index (χ3n) is 2.79. The minimum atomic E-state index is -0.884. The highest BCUT2D eigenvalue weighted by molar-refractivity contribution is 9.10. The van der Waals surface area contributed by atoms with E-state index in [4.69, 9.17) is 5.11 Å². The van der Waals surface area contributed by atoms with Gasteiger partial charge in [0.05, 0.1) is 5.56 Å². The molecule has 0 saturated heterocycles. The molecule has 0 aliphatic carbocycles. The van der Waals surface area contributed by atoms with Crippen LogP contribution in [-0.2, 0) is 6.42 Å². The van der Waals surface area contributed by atoms with E-state index in [0.717, 1.165) is 15.6 Å². The van der Waals surface area contributed by atoms with Gasteiger partial charge in [-0.3, -0.25) is 0 Å². The normalized spacial score (nSPS) is 10.8. The van der Waals surface area contributed by atoms with Gasteiger partial charge in [0.25, 0.3) is 0 Å². The zero-order valence-electron chi connectivity index (χ0n) is 10.2. The average molecular weight is 317 g/mol. The zero-order valence-corrected chi connectivity index (χ0v) is 11.8. The van der Waals surface area contributed by atoms with Crippen molar-refractivity contribution in [1.29, 1.82) is 0 Å². The van der Waals surface area contributed by atoms with Gasteiger partial charge >= 0.3 is 5.97 Å². The van der Waals surface area contributed by atoms with E-state index >= 15 is 0 Å². The number of aromatic carboxylic acids is 1. The van der Waals surface area contributed by atoms with Crippen molar-refractivity contribution in [2.45, 2.75) is 6.42 Å². The molecule has 1 N–H and O–H groups in total. The summed E-state index contributed by atoms with van der Waals surface area (Å²) in [6, 6.07) is 15.0. The van der Waals surface area contributed by atoms with Crippen LogP contribution in [0.3, 0.4) is 0 Å². The molecular weight excluding hydrogens is 304 g/mol. The molecule has 0 unspecified atom stereocenters. The molecule has 0 radical (unpaired) electrons. The van der Waals surface area contributed by atoms with Gasteiger partial charge in [-0.2, -0.15) is 0 Å². The summed E-state index contributed by atoms with van der Waals surface area (Å²) >= 11 is 3.48. The minimum Gasteiger partial charge on any atom is -0.478 e. The summed E-state index contributed by atoms with van der Waals surface area (Å²) in [6.07, 6.45) is 4.56. The molecule has 0 heterocycles. The van der Waals surface area contributed by atoms with Gasteiger partial charge in [0.2, 0.25) is 0 Å². The summed E-state index contributed by atoms with van der Waals surface area (Å²) in [6.45, 7) is 0. The lowest BCUT2D eigenvalue weighted by Gasteiger charge is -2.02. The van der Waals surface area contributed by atoms with Crippen molar-refractivity contribution < 1.29 is 9.90 Å². The lowest BCUT2D eigenvalue weighted by molar-refractivity contribution is 0.0696. The topological polar surface area (TPSA) is 37.3 Å². The van der Waals surface area contributed by atoms with Gasteiger partial charge in [-0.1, -0.05) is 64.5 Å². The quantitative estimate of drug-likeness (QED) is 0.907. The Morgan fingerprint density at radius 3 is 2.53 bits per heavy atom. The van der Waals surface area contributed by atoms with Crippen molar-refractivity contribution in [3.63, 3.8) is 0 Å². The highest BCUT2D eigenvalue weighted by Gasteiger charge is 2.06. The zero-order chi connectivity index (χ0) is 13.7. The number of carboxylic acids is 1. The predicted octanol–water partition coefficient (Wildman–Crippen LogP) is 4.40. The molecule has 96 valence electrons. The van der Waals surface area contributed by atoms with Gasteiger partial charge < -0.3 is 5.11 Å². The van der Waals surface area contributed by atoms with Crippen molar-refractivity contribution >= 4 is 28.0 Å². The number of allylic oxidation sites excluding steroid dienone is 1. The molecule has 19 heavy (non-hydrogen) atoms. The third kappa shape index (κ3) is 3.55. The van der Waals surface area contributed by atoms with E-state index in [9.17, 15) is 4.79 Å².